The van der Waals surface area contributed by atoms with E-state index in [1.165, 1.54) is 18.1 Å². The average Bonchev–Trinajstić information content (AvgIpc) is 2.60. The van der Waals surface area contributed by atoms with E-state index in [-0.39, 0.29) is 12.4 Å². The largest absolute Gasteiger partial charge is 0.490 e. The number of hydrogen-bond donors (Lipinski definition) is 1. The Bertz CT molecular complexity index is 714. The zero-order chi connectivity index (χ0) is 16.9. The number of carbonyl (C=O) groups excluding carboxylic acids is 1. The molecule has 1 unspecified atom stereocenters. The molecule has 0 aromatic heterocycles. The molecule has 0 amide bonds. The number of β-amino-alcohol motifs (C(OH)–C–C–N with tert-alkyl or cyclic N) is 1. The Kier molecular flexibility index (Phi) is 5.28. The Morgan fingerprint density at radius 1 is 1.17 bits per heavy atom. The lowest BCUT2D eigenvalue weighted by Crippen LogP contribution is -2.38. The second kappa shape index (κ2) is 7.60. The van der Waals surface area contributed by atoms with Crippen molar-refractivity contribution < 1.29 is 14.6 Å². The van der Waals surface area contributed by atoms with Crippen LogP contribution in [0.4, 0.5) is 0 Å². The van der Waals surface area contributed by atoms with Crippen LogP contribution >= 0.6 is 0 Å². The highest BCUT2D eigenvalue weighted by atomic mass is 16.5. The lowest BCUT2D eigenvalue weighted by atomic mass is 10.00. The molecule has 1 atom stereocenters. The molecule has 1 heterocycles. The van der Waals surface area contributed by atoms with Gasteiger partial charge in [0.25, 0.3) is 0 Å². The van der Waals surface area contributed by atoms with Crippen molar-refractivity contribution in [2.75, 3.05) is 19.7 Å². The van der Waals surface area contributed by atoms with Crippen molar-refractivity contribution in [3.63, 3.8) is 0 Å². The number of fused-ring (bicyclic) bond motifs is 1. The Hall–Kier alpha value is -2.17. The Morgan fingerprint density at radius 2 is 1.88 bits per heavy atom. The van der Waals surface area contributed by atoms with E-state index < -0.39 is 6.10 Å². The molecule has 4 heteroatoms. The molecule has 1 aliphatic rings. The van der Waals surface area contributed by atoms with Crippen LogP contribution in [0, 0.1) is 0 Å². The number of hydrogen-bond acceptors (Lipinski definition) is 4. The van der Waals surface area contributed by atoms with Crippen molar-refractivity contribution in [3.8, 4) is 5.75 Å². The molecule has 1 aliphatic heterocycles. The molecule has 4 nitrogen and oxygen atoms in total. The van der Waals surface area contributed by atoms with Crippen LogP contribution in [0.15, 0.2) is 48.5 Å². The number of para-hydroxylation sites is 1. The van der Waals surface area contributed by atoms with Gasteiger partial charge in [-0.1, -0.05) is 36.4 Å². The first kappa shape index (κ1) is 16.7. The maximum Gasteiger partial charge on any atom is 0.163 e. The van der Waals surface area contributed by atoms with Gasteiger partial charge in [0.15, 0.2) is 5.78 Å². The monoisotopic (exact) mass is 325 g/mol. The summed E-state index contributed by atoms with van der Waals surface area (Å²) >= 11 is 0. The average molecular weight is 325 g/mol. The minimum Gasteiger partial charge on any atom is -0.490 e. The van der Waals surface area contributed by atoms with Crippen LogP contribution in [0.25, 0.3) is 0 Å². The predicted molar refractivity (Wildman–Crippen MR) is 93.4 cm³/mol. The highest BCUT2D eigenvalue weighted by molar-refractivity contribution is 5.96. The van der Waals surface area contributed by atoms with Crippen molar-refractivity contribution in [3.05, 3.63) is 65.2 Å². The van der Waals surface area contributed by atoms with Crippen LogP contribution in [0.1, 0.15) is 28.4 Å². The summed E-state index contributed by atoms with van der Waals surface area (Å²) in [7, 11) is 0. The molecule has 0 saturated carbocycles. The fourth-order valence-corrected chi connectivity index (χ4v) is 3.13. The Morgan fingerprint density at radius 3 is 2.67 bits per heavy atom. The summed E-state index contributed by atoms with van der Waals surface area (Å²) in [6.07, 6.45) is 0.423. The summed E-state index contributed by atoms with van der Waals surface area (Å²) in [6, 6.07) is 15.6. The van der Waals surface area contributed by atoms with Gasteiger partial charge in [0, 0.05) is 19.6 Å². The first-order chi connectivity index (χ1) is 11.6. The zero-order valence-electron chi connectivity index (χ0n) is 13.9. The number of benzene rings is 2. The van der Waals surface area contributed by atoms with Gasteiger partial charge in [-0.25, -0.2) is 0 Å². The maximum atomic E-state index is 11.6. The minimum atomic E-state index is -0.588. The van der Waals surface area contributed by atoms with E-state index in [2.05, 4.69) is 29.2 Å². The fourth-order valence-electron chi connectivity index (χ4n) is 3.13. The number of aliphatic hydroxyl groups is 1. The molecule has 126 valence electrons. The third kappa shape index (κ3) is 4.02. The topological polar surface area (TPSA) is 49.8 Å². The van der Waals surface area contributed by atoms with Crippen LogP contribution in [0.5, 0.6) is 5.75 Å². The Labute approximate surface area is 142 Å². The molecule has 1 N–H and O–H groups in total. The number of ketones is 1. The van der Waals surface area contributed by atoms with Gasteiger partial charge in [0.1, 0.15) is 18.5 Å². The number of ether oxygens (including phenoxy) is 1. The first-order valence-electron chi connectivity index (χ1n) is 8.33. The van der Waals surface area contributed by atoms with E-state index in [9.17, 15) is 9.90 Å². The van der Waals surface area contributed by atoms with Crippen LogP contribution in [-0.2, 0) is 13.0 Å². The number of carbonyl (C=O) groups is 1. The molecule has 0 radical (unpaired) electrons. The molecular formula is C20H23NO3. The van der Waals surface area contributed by atoms with Crippen LogP contribution in [0.3, 0.4) is 0 Å². The van der Waals surface area contributed by atoms with Gasteiger partial charge >= 0.3 is 0 Å². The second-order valence-corrected chi connectivity index (χ2v) is 6.27. The molecule has 2 aromatic carbocycles. The van der Waals surface area contributed by atoms with Gasteiger partial charge in [-0.15, -0.1) is 0 Å². The standard InChI is InChI=1S/C20H23NO3/c1-15(22)19-8-4-5-9-20(19)24-14-18(23)13-21-11-10-16-6-2-3-7-17(16)12-21/h2-9,18,23H,10-14H2,1H3. The third-order valence-electron chi connectivity index (χ3n) is 4.38. The summed E-state index contributed by atoms with van der Waals surface area (Å²) in [4.78, 5) is 13.8. The van der Waals surface area contributed by atoms with Crippen molar-refractivity contribution in [2.45, 2.75) is 26.0 Å². The van der Waals surface area contributed by atoms with E-state index in [1.54, 1.807) is 12.1 Å². The third-order valence-corrected chi connectivity index (χ3v) is 4.38. The van der Waals surface area contributed by atoms with E-state index in [0.29, 0.717) is 17.9 Å². The zero-order valence-corrected chi connectivity index (χ0v) is 13.9. The van der Waals surface area contributed by atoms with E-state index in [1.807, 2.05) is 12.1 Å². The lowest BCUT2D eigenvalue weighted by Gasteiger charge is -2.30. The number of rotatable bonds is 6. The predicted octanol–water partition coefficient (Wildman–Crippen LogP) is 2.69. The molecule has 0 aliphatic carbocycles. The van der Waals surface area contributed by atoms with Gasteiger partial charge in [0.05, 0.1) is 5.56 Å². The van der Waals surface area contributed by atoms with Gasteiger partial charge in [0.2, 0.25) is 0 Å². The highest BCUT2D eigenvalue weighted by Crippen LogP contribution is 2.20. The number of nitrogens with zero attached hydrogens (tertiary/aromatic N) is 1. The molecular weight excluding hydrogens is 302 g/mol. The van der Waals surface area contributed by atoms with Gasteiger partial charge in [-0.3, -0.25) is 9.69 Å². The molecule has 0 fully saturated rings. The van der Waals surface area contributed by atoms with Crippen molar-refractivity contribution in [1.29, 1.82) is 0 Å². The molecule has 0 spiro atoms. The lowest BCUT2D eigenvalue weighted by molar-refractivity contribution is 0.0631. The maximum absolute atomic E-state index is 11.6. The summed E-state index contributed by atoms with van der Waals surface area (Å²) in [6.45, 7) is 4.07. The smallest absolute Gasteiger partial charge is 0.163 e. The summed E-state index contributed by atoms with van der Waals surface area (Å²) in [5.41, 5.74) is 3.28. The van der Waals surface area contributed by atoms with E-state index in [0.717, 1.165) is 19.5 Å². The van der Waals surface area contributed by atoms with Crippen LogP contribution < -0.4 is 4.74 Å². The fraction of sp³-hybridized carbons (Fsp3) is 0.350. The first-order valence-corrected chi connectivity index (χ1v) is 8.33. The van der Waals surface area contributed by atoms with Gasteiger partial charge in [-0.2, -0.15) is 0 Å². The molecule has 0 saturated heterocycles. The van der Waals surface area contributed by atoms with Crippen LogP contribution in [0.2, 0.25) is 0 Å². The molecule has 0 bridgehead atoms. The van der Waals surface area contributed by atoms with Crippen LogP contribution in [-0.4, -0.2) is 41.6 Å². The van der Waals surface area contributed by atoms with Crippen molar-refractivity contribution >= 4 is 5.78 Å². The normalized spacial score (nSPS) is 15.6. The quantitative estimate of drug-likeness (QED) is 0.830. The minimum absolute atomic E-state index is 0.0345. The van der Waals surface area contributed by atoms with E-state index in [4.69, 9.17) is 4.74 Å². The number of Topliss-reactive ketones (excluding diaryl/α,β-unsaturated/α-hetero) is 1. The van der Waals surface area contributed by atoms with Crippen molar-refractivity contribution in [2.24, 2.45) is 0 Å². The van der Waals surface area contributed by atoms with E-state index >= 15 is 0 Å². The van der Waals surface area contributed by atoms with Gasteiger partial charge in [-0.05, 0) is 36.6 Å². The van der Waals surface area contributed by atoms with Crippen molar-refractivity contribution in [1.82, 2.24) is 4.90 Å². The number of aliphatic hydroxyl groups excluding tert-OH is 1. The SMILES string of the molecule is CC(=O)c1ccccc1OCC(O)CN1CCc2ccccc2C1. The summed E-state index contributed by atoms with van der Waals surface area (Å²) in [5.74, 6) is 0.501. The Balaban J connectivity index is 1.54. The van der Waals surface area contributed by atoms with Gasteiger partial charge < -0.3 is 9.84 Å². The second-order valence-electron chi connectivity index (χ2n) is 6.27. The highest BCUT2D eigenvalue weighted by Gasteiger charge is 2.19. The molecule has 24 heavy (non-hydrogen) atoms. The molecule has 3 rings (SSSR count). The summed E-state index contributed by atoms with van der Waals surface area (Å²) < 4.78 is 5.67. The molecule has 2 aromatic rings. The summed E-state index contributed by atoms with van der Waals surface area (Å²) in [5, 5.41) is 10.3.